The molecule has 0 spiro atoms. The maximum Gasteiger partial charge on any atom is 0.146 e. The smallest absolute Gasteiger partial charge is 0.146 e. The molecular weight excluding hydrogens is 166 g/mol. The monoisotopic (exact) mass is 181 g/mol. The Bertz CT molecular complexity index is 302. The number of nitrogens with one attached hydrogen (secondary N) is 1. The summed E-state index contributed by atoms with van der Waals surface area (Å²) in [5, 5.41) is 0. The number of amidine groups is 1. The Kier molecular flexibility index (Phi) is 3.08. The molecule has 72 valence electrons. The highest BCUT2D eigenvalue weighted by atomic mass is 16.3. The predicted octanol–water partition coefficient (Wildman–Crippen LogP) is 1.21. The van der Waals surface area contributed by atoms with E-state index in [2.05, 4.69) is 10.4 Å². The van der Waals surface area contributed by atoms with Gasteiger partial charge in [-0.05, 0) is 26.8 Å². The van der Waals surface area contributed by atoms with Gasteiger partial charge in [0.2, 0.25) is 0 Å². The molecule has 4 nitrogen and oxygen atoms in total. The Morgan fingerprint density at radius 1 is 1.62 bits per heavy atom. The van der Waals surface area contributed by atoms with Gasteiger partial charge in [0.25, 0.3) is 0 Å². The highest BCUT2D eigenvalue weighted by Gasteiger charge is 2.05. The van der Waals surface area contributed by atoms with Crippen molar-refractivity contribution in [3.63, 3.8) is 0 Å². The summed E-state index contributed by atoms with van der Waals surface area (Å²) in [5.41, 5.74) is 3.44. The van der Waals surface area contributed by atoms with E-state index in [1.54, 1.807) is 6.26 Å². The molecular formula is C9H15N3O. The van der Waals surface area contributed by atoms with Gasteiger partial charge < -0.3 is 9.84 Å². The summed E-state index contributed by atoms with van der Waals surface area (Å²) in [7, 11) is 0. The third-order valence-corrected chi connectivity index (χ3v) is 1.53. The molecule has 0 bridgehead atoms. The molecule has 3 N–H and O–H groups in total. The van der Waals surface area contributed by atoms with Crippen LogP contribution < -0.4 is 11.3 Å². The molecule has 1 rings (SSSR count). The van der Waals surface area contributed by atoms with Crippen LogP contribution in [-0.2, 0) is 0 Å². The van der Waals surface area contributed by atoms with Crippen molar-refractivity contribution >= 4 is 5.84 Å². The number of nitrogens with zero attached hydrogens (tertiary/aromatic N) is 1. The number of rotatable bonds is 2. The minimum Gasteiger partial charge on any atom is -0.469 e. The molecule has 0 atom stereocenters. The van der Waals surface area contributed by atoms with Crippen LogP contribution in [0.5, 0.6) is 0 Å². The van der Waals surface area contributed by atoms with Gasteiger partial charge in [0.15, 0.2) is 0 Å². The Hall–Kier alpha value is -1.29. The van der Waals surface area contributed by atoms with E-state index >= 15 is 0 Å². The molecule has 0 radical (unpaired) electrons. The van der Waals surface area contributed by atoms with E-state index in [9.17, 15) is 0 Å². The zero-order chi connectivity index (χ0) is 9.84. The number of aryl methyl sites for hydroxylation is 1. The van der Waals surface area contributed by atoms with E-state index < -0.39 is 0 Å². The van der Waals surface area contributed by atoms with Gasteiger partial charge in [0, 0.05) is 6.04 Å². The summed E-state index contributed by atoms with van der Waals surface area (Å²) in [6.07, 6.45) is 1.64. The molecule has 0 aromatic carbocycles. The van der Waals surface area contributed by atoms with Crippen LogP contribution in [0.2, 0.25) is 0 Å². The number of aliphatic imine (C=N–C) groups is 1. The lowest BCUT2D eigenvalue weighted by Crippen LogP contribution is -2.31. The molecule has 0 aliphatic heterocycles. The molecule has 13 heavy (non-hydrogen) atoms. The van der Waals surface area contributed by atoms with E-state index in [0.717, 1.165) is 11.3 Å². The number of hydrogen-bond donors (Lipinski definition) is 2. The number of hydrazine groups is 1. The van der Waals surface area contributed by atoms with Crippen LogP contribution in [0.3, 0.4) is 0 Å². The highest BCUT2D eigenvalue weighted by molar-refractivity contribution is 5.98. The third kappa shape index (κ3) is 2.59. The second-order valence-electron chi connectivity index (χ2n) is 3.16. The first-order valence-electron chi connectivity index (χ1n) is 4.23. The van der Waals surface area contributed by atoms with Gasteiger partial charge in [0.1, 0.15) is 17.9 Å². The molecule has 0 saturated carbocycles. The Morgan fingerprint density at radius 2 is 2.31 bits per heavy atom. The zero-order valence-corrected chi connectivity index (χ0v) is 8.16. The van der Waals surface area contributed by atoms with Crippen molar-refractivity contribution in [3.8, 4) is 0 Å². The van der Waals surface area contributed by atoms with Gasteiger partial charge in [-0.15, -0.1) is 0 Å². The summed E-state index contributed by atoms with van der Waals surface area (Å²) in [4.78, 5) is 4.30. The Balaban J connectivity index is 2.90. The zero-order valence-electron chi connectivity index (χ0n) is 8.16. The summed E-state index contributed by atoms with van der Waals surface area (Å²) in [5.74, 6) is 6.85. The molecule has 0 saturated heterocycles. The van der Waals surface area contributed by atoms with Crippen LogP contribution in [-0.4, -0.2) is 11.9 Å². The van der Waals surface area contributed by atoms with Crippen LogP contribution in [0, 0.1) is 6.92 Å². The van der Waals surface area contributed by atoms with E-state index in [4.69, 9.17) is 10.3 Å². The van der Waals surface area contributed by atoms with Crippen molar-refractivity contribution in [3.05, 3.63) is 23.7 Å². The standard InChI is InChI=1S/C9H15N3O/c1-6(2)11-9(12-10)8-4-7(3)13-5-8/h4-6H,10H2,1-3H3,(H,11,12). The van der Waals surface area contributed by atoms with Crippen molar-refractivity contribution in [1.82, 2.24) is 5.43 Å². The fourth-order valence-corrected chi connectivity index (χ4v) is 1.02. The number of nitrogens with two attached hydrogens (primary N) is 1. The molecule has 4 heteroatoms. The van der Waals surface area contributed by atoms with E-state index in [1.165, 1.54) is 0 Å². The molecule has 1 heterocycles. The summed E-state index contributed by atoms with van der Waals surface area (Å²) in [6.45, 7) is 5.86. The van der Waals surface area contributed by atoms with Crippen molar-refractivity contribution in [2.75, 3.05) is 0 Å². The molecule has 1 aromatic heterocycles. The maximum atomic E-state index is 5.34. The van der Waals surface area contributed by atoms with Crippen LogP contribution in [0.15, 0.2) is 21.7 Å². The van der Waals surface area contributed by atoms with Gasteiger partial charge in [-0.25, -0.2) is 5.84 Å². The van der Waals surface area contributed by atoms with Crippen molar-refractivity contribution < 1.29 is 4.42 Å². The van der Waals surface area contributed by atoms with Gasteiger partial charge in [-0.2, -0.15) is 0 Å². The van der Waals surface area contributed by atoms with Crippen molar-refractivity contribution in [2.24, 2.45) is 10.8 Å². The lowest BCUT2D eigenvalue weighted by atomic mass is 10.3. The van der Waals surface area contributed by atoms with E-state index in [1.807, 2.05) is 26.8 Å². The fraction of sp³-hybridized carbons (Fsp3) is 0.444. The Morgan fingerprint density at radius 3 is 2.69 bits per heavy atom. The average molecular weight is 181 g/mol. The average Bonchev–Trinajstić information content (AvgIpc) is 2.47. The van der Waals surface area contributed by atoms with E-state index in [0.29, 0.717) is 5.84 Å². The first-order valence-corrected chi connectivity index (χ1v) is 4.23. The topological polar surface area (TPSA) is 63.5 Å². The summed E-state index contributed by atoms with van der Waals surface area (Å²) in [6, 6.07) is 2.10. The first kappa shape index (κ1) is 9.80. The minimum atomic E-state index is 0.209. The van der Waals surface area contributed by atoms with E-state index in [-0.39, 0.29) is 6.04 Å². The lowest BCUT2D eigenvalue weighted by Gasteiger charge is -2.04. The summed E-state index contributed by atoms with van der Waals surface area (Å²) < 4.78 is 5.15. The first-order chi connectivity index (χ1) is 6.13. The quantitative estimate of drug-likeness (QED) is 0.312. The molecule has 0 amide bonds. The molecule has 1 aromatic rings. The lowest BCUT2D eigenvalue weighted by molar-refractivity contribution is 0.533. The molecule has 0 aliphatic carbocycles. The maximum absolute atomic E-state index is 5.34. The SMILES string of the molecule is Cc1cc(C(=NC(C)C)NN)co1. The van der Waals surface area contributed by atoms with Crippen molar-refractivity contribution in [2.45, 2.75) is 26.8 Å². The molecule has 0 unspecified atom stereocenters. The van der Waals surface area contributed by atoms with Crippen LogP contribution in [0.4, 0.5) is 0 Å². The normalized spacial score (nSPS) is 12.2. The predicted molar refractivity (Wildman–Crippen MR) is 52.4 cm³/mol. The second kappa shape index (κ2) is 4.09. The largest absolute Gasteiger partial charge is 0.469 e. The number of furan rings is 1. The van der Waals surface area contributed by atoms with Crippen molar-refractivity contribution in [1.29, 1.82) is 0 Å². The van der Waals surface area contributed by atoms with Gasteiger partial charge in [-0.1, -0.05) is 0 Å². The van der Waals surface area contributed by atoms with Crippen LogP contribution >= 0.6 is 0 Å². The van der Waals surface area contributed by atoms with Crippen LogP contribution in [0.1, 0.15) is 25.2 Å². The Labute approximate surface area is 77.8 Å². The second-order valence-corrected chi connectivity index (χ2v) is 3.16. The van der Waals surface area contributed by atoms with Gasteiger partial charge >= 0.3 is 0 Å². The number of hydrogen-bond acceptors (Lipinski definition) is 3. The molecule has 0 aliphatic rings. The van der Waals surface area contributed by atoms with Gasteiger partial charge in [-0.3, -0.25) is 4.99 Å². The van der Waals surface area contributed by atoms with Crippen LogP contribution in [0.25, 0.3) is 0 Å². The molecule has 0 fully saturated rings. The summed E-state index contributed by atoms with van der Waals surface area (Å²) >= 11 is 0. The van der Waals surface area contributed by atoms with Gasteiger partial charge in [0.05, 0.1) is 5.56 Å². The fourth-order valence-electron chi connectivity index (χ4n) is 1.02. The third-order valence-electron chi connectivity index (χ3n) is 1.53. The minimum absolute atomic E-state index is 0.209. The highest BCUT2D eigenvalue weighted by Crippen LogP contribution is 2.06.